The maximum atomic E-state index is 12.5. The Balaban J connectivity index is 1.23. The Bertz CT molecular complexity index is 779. The average molecular weight is 400 g/mol. The molecule has 1 aromatic carbocycles. The lowest BCUT2D eigenvalue weighted by molar-refractivity contribution is -0.136. The predicted molar refractivity (Wildman–Crippen MR) is 106 cm³/mol. The molecule has 156 valence electrons. The number of ether oxygens (including phenoxy) is 2. The molecule has 1 atom stereocenters. The standard InChI is InChI=1S/C22H28N2O5/c25-18-14-22(29-19-6-2-1-5-17(18)19)9-11-24(12-10-22)21(27)8-7-20(26)23-15-16-4-3-13-28-16/h1-2,5-6,16H,3-4,7-15H2,(H,23,26). The van der Waals surface area contributed by atoms with E-state index in [1.165, 1.54) is 0 Å². The Hall–Kier alpha value is -2.41. The highest BCUT2D eigenvalue weighted by atomic mass is 16.5. The van der Waals surface area contributed by atoms with E-state index >= 15 is 0 Å². The number of likely N-dealkylation sites (tertiary alicyclic amines) is 1. The van der Waals surface area contributed by atoms with E-state index in [-0.39, 0.29) is 36.5 Å². The first-order valence-corrected chi connectivity index (χ1v) is 10.5. The van der Waals surface area contributed by atoms with Crippen molar-refractivity contribution in [1.82, 2.24) is 10.2 Å². The summed E-state index contributed by atoms with van der Waals surface area (Å²) in [4.78, 5) is 38.8. The number of para-hydroxylation sites is 1. The smallest absolute Gasteiger partial charge is 0.223 e. The number of hydrogen-bond donors (Lipinski definition) is 1. The van der Waals surface area contributed by atoms with Gasteiger partial charge in [0.1, 0.15) is 11.4 Å². The van der Waals surface area contributed by atoms with E-state index in [4.69, 9.17) is 9.47 Å². The maximum absolute atomic E-state index is 12.5. The number of hydrogen-bond acceptors (Lipinski definition) is 5. The maximum Gasteiger partial charge on any atom is 0.223 e. The molecular weight excluding hydrogens is 372 g/mol. The van der Waals surface area contributed by atoms with Crippen LogP contribution in [0.25, 0.3) is 0 Å². The van der Waals surface area contributed by atoms with Crippen LogP contribution < -0.4 is 10.1 Å². The Morgan fingerprint density at radius 2 is 1.97 bits per heavy atom. The van der Waals surface area contributed by atoms with Gasteiger partial charge in [-0.1, -0.05) is 12.1 Å². The van der Waals surface area contributed by atoms with E-state index < -0.39 is 5.60 Å². The number of piperidine rings is 1. The van der Waals surface area contributed by atoms with E-state index in [0.29, 0.717) is 50.2 Å². The number of benzene rings is 1. The monoisotopic (exact) mass is 400 g/mol. The van der Waals surface area contributed by atoms with Gasteiger partial charge in [0.2, 0.25) is 11.8 Å². The highest BCUT2D eigenvalue weighted by Gasteiger charge is 2.43. The van der Waals surface area contributed by atoms with Gasteiger partial charge in [-0.25, -0.2) is 0 Å². The minimum atomic E-state index is -0.513. The first kappa shape index (κ1) is 19.9. The zero-order chi connectivity index (χ0) is 20.3. The van der Waals surface area contributed by atoms with E-state index in [1.54, 1.807) is 11.0 Å². The summed E-state index contributed by atoms with van der Waals surface area (Å²) in [5.41, 5.74) is 0.131. The molecule has 0 aliphatic carbocycles. The Kier molecular flexibility index (Phi) is 5.85. The molecule has 2 fully saturated rings. The highest BCUT2D eigenvalue weighted by molar-refractivity contribution is 6.00. The van der Waals surface area contributed by atoms with Crippen LogP contribution in [0.3, 0.4) is 0 Å². The average Bonchev–Trinajstić information content (AvgIpc) is 3.25. The SMILES string of the molecule is O=C(CCC(=O)N1CCC2(CC1)CC(=O)c1ccccc1O2)NCC1CCCO1. The fraction of sp³-hybridized carbons (Fsp3) is 0.591. The molecule has 0 bridgehead atoms. The molecule has 0 radical (unpaired) electrons. The van der Waals surface area contributed by atoms with Crippen molar-refractivity contribution in [3.8, 4) is 5.75 Å². The van der Waals surface area contributed by atoms with Gasteiger partial charge in [0.05, 0.1) is 18.1 Å². The summed E-state index contributed by atoms with van der Waals surface area (Å²) in [6.07, 6.45) is 4.13. The first-order valence-electron chi connectivity index (χ1n) is 10.5. The van der Waals surface area contributed by atoms with E-state index in [0.717, 1.165) is 19.4 Å². The predicted octanol–water partition coefficient (Wildman–Crippen LogP) is 2.09. The summed E-state index contributed by atoms with van der Waals surface area (Å²) in [6.45, 7) is 2.38. The summed E-state index contributed by atoms with van der Waals surface area (Å²) in [5.74, 6) is 0.621. The molecule has 7 heteroatoms. The normalized spacial score (nSPS) is 22.8. The van der Waals surface area contributed by atoms with Gasteiger partial charge in [-0.05, 0) is 25.0 Å². The molecule has 1 aromatic rings. The largest absolute Gasteiger partial charge is 0.486 e. The number of carbonyl (C=O) groups excluding carboxylic acids is 3. The lowest BCUT2D eigenvalue weighted by Gasteiger charge is -2.44. The van der Waals surface area contributed by atoms with E-state index in [9.17, 15) is 14.4 Å². The summed E-state index contributed by atoms with van der Waals surface area (Å²) in [6, 6.07) is 7.35. The van der Waals surface area contributed by atoms with Crippen LogP contribution >= 0.6 is 0 Å². The van der Waals surface area contributed by atoms with Crippen molar-refractivity contribution in [2.45, 2.75) is 56.7 Å². The second-order valence-electron chi connectivity index (χ2n) is 8.20. The van der Waals surface area contributed by atoms with Gasteiger partial charge in [-0.15, -0.1) is 0 Å². The number of nitrogens with zero attached hydrogens (tertiary/aromatic N) is 1. The third kappa shape index (κ3) is 4.61. The van der Waals surface area contributed by atoms with Crippen LogP contribution in [-0.2, 0) is 14.3 Å². The van der Waals surface area contributed by atoms with Crippen molar-refractivity contribution in [2.24, 2.45) is 0 Å². The zero-order valence-corrected chi connectivity index (χ0v) is 16.7. The Morgan fingerprint density at radius 3 is 2.72 bits per heavy atom. The number of Topliss-reactive ketones (excluding diaryl/α,β-unsaturated/α-hetero) is 1. The van der Waals surface area contributed by atoms with Gasteiger partial charge in [-0.3, -0.25) is 14.4 Å². The van der Waals surface area contributed by atoms with Crippen LogP contribution in [-0.4, -0.2) is 60.4 Å². The van der Waals surface area contributed by atoms with Crippen LogP contribution in [0.4, 0.5) is 0 Å². The lowest BCUT2D eigenvalue weighted by atomic mass is 9.82. The molecule has 3 aliphatic rings. The second-order valence-corrected chi connectivity index (χ2v) is 8.20. The minimum Gasteiger partial charge on any atom is -0.486 e. The second kappa shape index (κ2) is 8.53. The van der Waals surface area contributed by atoms with Crippen LogP contribution in [0.15, 0.2) is 24.3 Å². The van der Waals surface area contributed by atoms with Crippen molar-refractivity contribution in [1.29, 1.82) is 0 Å². The topological polar surface area (TPSA) is 84.9 Å². The summed E-state index contributed by atoms with van der Waals surface area (Å²) in [7, 11) is 0. The Labute approximate surface area is 170 Å². The van der Waals surface area contributed by atoms with Gasteiger partial charge in [0.15, 0.2) is 5.78 Å². The number of nitrogens with one attached hydrogen (secondary N) is 1. The Morgan fingerprint density at radius 1 is 1.17 bits per heavy atom. The number of amides is 2. The van der Waals surface area contributed by atoms with Crippen LogP contribution in [0, 0.1) is 0 Å². The molecule has 3 aliphatic heterocycles. The molecular formula is C22H28N2O5. The third-order valence-electron chi connectivity index (χ3n) is 6.14. The number of carbonyl (C=O) groups is 3. The van der Waals surface area contributed by atoms with Gasteiger partial charge in [0.25, 0.3) is 0 Å². The van der Waals surface area contributed by atoms with Crippen LogP contribution in [0.5, 0.6) is 5.75 Å². The van der Waals surface area contributed by atoms with Gasteiger partial charge < -0.3 is 19.7 Å². The van der Waals surface area contributed by atoms with Crippen molar-refractivity contribution in [3.05, 3.63) is 29.8 Å². The van der Waals surface area contributed by atoms with Gasteiger partial charge in [-0.2, -0.15) is 0 Å². The lowest BCUT2D eigenvalue weighted by Crippen LogP contribution is -2.52. The zero-order valence-electron chi connectivity index (χ0n) is 16.7. The molecule has 0 aromatic heterocycles. The quantitative estimate of drug-likeness (QED) is 0.818. The van der Waals surface area contributed by atoms with Gasteiger partial charge in [0, 0.05) is 51.9 Å². The van der Waals surface area contributed by atoms with Crippen molar-refractivity contribution in [3.63, 3.8) is 0 Å². The minimum absolute atomic E-state index is 0.0188. The third-order valence-corrected chi connectivity index (χ3v) is 6.14. The fourth-order valence-electron chi connectivity index (χ4n) is 4.39. The van der Waals surface area contributed by atoms with Crippen molar-refractivity contribution >= 4 is 17.6 Å². The van der Waals surface area contributed by atoms with E-state index in [2.05, 4.69) is 5.32 Å². The molecule has 29 heavy (non-hydrogen) atoms. The molecule has 7 nitrogen and oxygen atoms in total. The fourth-order valence-corrected chi connectivity index (χ4v) is 4.39. The van der Waals surface area contributed by atoms with Crippen LogP contribution in [0.2, 0.25) is 0 Å². The number of rotatable bonds is 5. The summed E-state index contributed by atoms with van der Waals surface area (Å²) in [5, 5.41) is 2.85. The molecule has 1 spiro atoms. The number of ketones is 1. The number of fused-ring (bicyclic) bond motifs is 1. The highest BCUT2D eigenvalue weighted by Crippen LogP contribution is 2.39. The molecule has 2 amide bonds. The van der Waals surface area contributed by atoms with Crippen molar-refractivity contribution in [2.75, 3.05) is 26.2 Å². The molecule has 1 unspecified atom stereocenters. The molecule has 3 heterocycles. The first-order chi connectivity index (χ1) is 14.0. The van der Waals surface area contributed by atoms with Crippen LogP contribution in [0.1, 0.15) is 55.3 Å². The molecule has 2 saturated heterocycles. The van der Waals surface area contributed by atoms with E-state index in [1.807, 2.05) is 18.2 Å². The van der Waals surface area contributed by atoms with Gasteiger partial charge >= 0.3 is 0 Å². The summed E-state index contributed by atoms with van der Waals surface area (Å²) < 4.78 is 11.7. The summed E-state index contributed by atoms with van der Waals surface area (Å²) >= 11 is 0. The molecule has 0 saturated carbocycles. The molecule has 4 rings (SSSR count). The molecule has 1 N–H and O–H groups in total. The van der Waals surface area contributed by atoms with Crippen molar-refractivity contribution < 1.29 is 23.9 Å².